The van der Waals surface area contributed by atoms with E-state index in [1.807, 2.05) is 12.1 Å². The Labute approximate surface area is 101 Å². The number of ether oxygens (including phenoxy) is 1. The van der Waals surface area contributed by atoms with Gasteiger partial charge in [0.2, 0.25) is 5.82 Å². The van der Waals surface area contributed by atoms with E-state index in [0.717, 1.165) is 5.56 Å². The predicted molar refractivity (Wildman–Crippen MR) is 64.5 cm³/mol. The van der Waals surface area contributed by atoms with E-state index in [-0.39, 0.29) is 0 Å². The lowest BCUT2D eigenvalue weighted by Gasteiger charge is -2.04. The highest BCUT2D eigenvalue weighted by molar-refractivity contribution is 5.54. The van der Waals surface area contributed by atoms with Crippen LogP contribution in [0.3, 0.4) is 0 Å². The highest BCUT2D eigenvalue weighted by atomic mass is 16.5. The molecule has 0 aliphatic carbocycles. The number of hydrogen-bond donors (Lipinski definition) is 0. The summed E-state index contributed by atoms with van der Waals surface area (Å²) >= 11 is 0. The van der Waals surface area contributed by atoms with E-state index < -0.39 is 0 Å². The maximum atomic E-state index is 5.05. The van der Waals surface area contributed by atoms with Gasteiger partial charge in [-0.15, -0.1) is 0 Å². The van der Waals surface area contributed by atoms with Crippen LogP contribution in [0.4, 0.5) is 0 Å². The quantitative estimate of drug-likeness (QED) is 0.813. The van der Waals surface area contributed by atoms with Crippen molar-refractivity contribution in [1.29, 1.82) is 0 Å². The zero-order chi connectivity index (χ0) is 12.3. The smallest absolute Gasteiger partial charge is 0.252 e. The SMILES string of the molecule is COCc1nc(-c2ccc(C(C)C)cc2)no1. The summed E-state index contributed by atoms with van der Waals surface area (Å²) < 4.78 is 9.98. The fourth-order valence-corrected chi connectivity index (χ4v) is 1.57. The van der Waals surface area contributed by atoms with Crippen LogP contribution in [-0.4, -0.2) is 17.3 Å². The summed E-state index contributed by atoms with van der Waals surface area (Å²) in [5.41, 5.74) is 2.26. The molecule has 1 heterocycles. The number of methoxy groups -OCH3 is 1. The third-order valence-corrected chi connectivity index (χ3v) is 2.57. The van der Waals surface area contributed by atoms with Crippen molar-refractivity contribution >= 4 is 0 Å². The standard InChI is InChI=1S/C13H16N2O2/c1-9(2)10-4-6-11(7-5-10)13-14-12(8-16-3)17-15-13/h4-7,9H,8H2,1-3H3. The zero-order valence-electron chi connectivity index (χ0n) is 10.3. The zero-order valence-corrected chi connectivity index (χ0v) is 10.3. The van der Waals surface area contributed by atoms with Crippen molar-refractivity contribution < 1.29 is 9.26 Å². The molecule has 17 heavy (non-hydrogen) atoms. The number of nitrogens with zero attached hydrogens (tertiary/aromatic N) is 2. The number of aromatic nitrogens is 2. The summed E-state index contributed by atoms with van der Waals surface area (Å²) in [6.07, 6.45) is 0. The van der Waals surface area contributed by atoms with Crippen LogP contribution in [0.25, 0.3) is 11.4 Å². The molecule has 0 aliphatic rings. The van der Waals surface area contributed by atoms with Gasteiger partial charge in [0.1, 0.15) is 6.61 Å². The molecular weight excluding hydrogens is 216 g/mol. The van der Waals surface area contributed by atoms with Crippen LogP contribution in [0.2, 0.25) is 0 Å². The fourth-order valence-electron chi connectivity index (χ4n) is 1.57. The molecule has 0 bridgehead atoms. The van der Waals surface area contributed by atoms with Crippen LogP contribution in [0.15, 0.2) is 28.8 Å². The maximum Gasteiger partial charge on any atom is 0.252 e. The van der Waals surface area contributed by atoms with Gasteiger partial charge in [-0.05, 0) is 11.5 Å². The topological polar surface area (TPSA) is 48.2 Å². The number of benzene rings is 1. The second kappa shape index (κ2) is 5.10. The van der Waals surface area contributed by atoms with Crippen molar-refractivity contribution in [3.8, 4) is 11.4 Å². The van der Waals surface area contributed by atoms with Gasteiger partial charge in [0.15, 0.2) is 0 Å². The van der Waals surface area contributed by atoms with E-state index in [9.17, 15) is 0 Å². The van der Waals surface area contributed by atoms with Crippen molar-refractivity contribution in [2.45, 2.75) is 26.4 Å². The lowest BCUT2D eigenvalue weighted by atomic mass is 10.0. The Morgan fingerprint density at radius 1 is 1.24 bits per heavy atom. The highest BCUT2D eigenvalue weighted by Crippen LogP contribution is 2.20. The molecule has 0 N–H and O–H groups in total. The second-order valence-electron chi connectivity index (χ2n) is 4.22. The van der Waals surface area contributed by atoms with E-state index in [1.165, 1.54) is 5.56 Å². The van der Waals surface area contributed by atoms with Gasteiger partial charge in [0.25, 0.3) is 5.89 Å². The molecule has 2 rings (SSSR count). The molecule has 0 aliphatic heterocycles. The minimum atomic E-state index is 0.344. The summed E-state index contributed by atoms with van der Waals surface area (Å²) in [5, 5.41) is 3.91. The van der Waals surface area contributed by atoms with Crippen LogP contribution in [0, 0.1) is 0 Å². The lowest BCUT2D eigenvalue weighted by molar-refractivity contribution is 0.151. The summed E-state index contributed by atoms with van der Waals surface area (Å²) in [6, 6.07) is 8.20. The van der Waals surface area contributed by atoms with E-state index in [1.54, 1.807) is 7.11 Å². The van der Waals surface area contributed by atoms with Crippen molar-refractivity contribution in [2.75, 3.05) is 7.11 Å². The average molecular weight is 232 g/mol. The molecule has 1 aromatic carbocycles. The van der Waals surface area contributed by atoms with Crippen LogP contribution >= 0.6 is 0 Å². The molecule has 0 amide bonds. The first kappa shape index (κ1) is 11.8. The first-order chi connectivity index (χ1) is 8.20. The third kappa shape index (κ3) is 2.71. The first-order valence-corrected chi connectivity index (χ1v) is 5.62. The van der Waals surface area contributed by atoms with Gasteiger partial charge in [0, 0.05) is 12.7 Å². The molecule has 0 atom stereocenters. The summed E-state index contributed by atoms with van der Waals surface area (Å²) in [7, 11) is 1.60. The number of rotatable bonds is 4. The average Bonchev–Trinajstić information content (AvgIpc) is 2.78. The molecule has 90 valence electrons. The van der Waals surface area contributed by atoms with E-state index >= 15 is 0 Å². The van der Waals surface area contributed by atoms with Gasteiger partial charge in [-0.1, -0.05) is 43.3 Å². The molecule has 1 aromatic heterocycles. The van der Waals surface area contributed by atoms with Crippen molar-refractivity contribution in [1.82, 2.24) is 10.1 Å². The van der Waals surface area contributed by atoms with Gasteiger partial charge < -0.3 is 9.26 Å². The molecule has 4 nitrogen and oxygen atoms in total. The Kier molecular flexibility index (Phi) is 3.54. The molecule has 4 heteroatoms. The Morgan fingerprint density at radius 3 is 2.53 bits per heavy atom. The van der Waals surface area contributed by atoms with E-state index in [4.69, 9.17) is 9.26 Å². The van der Waals surface area contributed by atoms with Crippen LogP contribution in [-0.2, 0) is 11.3 Å². The summed E-state index contributed by atoms with van der Waals surface area (Å²) in [5.74, 6) is 1.63. The van der Waals surface area contributed by atoms with Crippen LogP contribution in [0.1, 0.15) is 31.2 Å². The minimum absolute atomic E-state index is 0.344. The van der Waals surface area contributed by atoms with Crippen LogP contribution < -0.4 is 0 Å². The lowest BCUT2D eigenvalue weighted by Crippen LogP contribution is -1.89. The molecule has 0 saturated heterocycles. The maximum absolute atomic E-state index is 5.05. The molecule has 0 unspecified atom stereocenters. The van der Waals surface area contributed by atoms with Gasteiger partial charge >= 0.3 is 0 Å². The fraction of sp³-hybridized carbons (Fsp3) is 0.385. The van der Waals surface area contributed by atoms with Gasteiger partial charge in [-0.2, -0.15) is 4.98 Å². The van der Waals surface area contributed by atoms with Crippen molar-refractivity contribution in [2.24, 2.45) is 0 Å². The summed E-state index contributed by atoms with van der Waals surface area (Å²) in [4.78, 5) is 4.24. The Balaban J connectivity index is 2.21. The van der Waals surface area contributed by atoms with Crippen molar-refractivity contribution in [3.63, 3.8) is 0 Å². The largest absolute Gasteiger partial charge is 0.375 e. The summed E-state index contributed by atoms with van der Waals surface area (Å²) in [6.45, 7) is 4.68. The predicted octanol–water partition coefficient (Wildman–Crippen LogP) is 3.01. The normalized spacial score (nSPS) is 11.1. The third-order valence-electron chi connectivity index (χ3n) is 2.57. The Bertz CT molecular complexity index is 474. The molecule has 0 saturated carbocycles. The van der Waals surface area contributed by atoms with E-state index in [2.05, 4.69) is 36.1 Å². The van der Waals surface area contributed by atoms with Crippen LogP contribution in [0.5, 0.6) is 0 Å². The minimum Gasteiger partial charge on any atom is -0.375 e. The van der Waals surface area contributed by atoms with Crippen molar-refractivity contribution in [3.05, 3.63) is 35.7 Å². The van der Waals surface area contributed by atoms with E-state index in [0.29, 0.717) is 24.2 Å². The molecule has 0 radical (unpaired) electrons. The van der Waals surface area contributed by atoms with Gasteiger partial charge in [0.05, 0.1) is 0 Å². The molecule has 2 aromatic rings. The highest BCUT2D eigenvalue weighted by Gasteiger charge is 2.08. The molecular formula is C13H16N2O2. The molecule has 0 fully saturated rings. The molecule has 0 spiro atoms. The number of hydrogen-bond acceptors (Lipinski definition) is 4. The first-order valence-electron chi connectivity index (χ1n) is 5.62. The van der Waals surface area contributed by atoms with Gasteiger partial charge in [-0.3, -0.25) is 0 Å². The Morgan fingerprint density at radius 2 is 1.94 bits per heavy atom. The Hall–Kier alpha value is -1.68. The van der Waals surface area contributed by atoms with Gasteiger partial charge in [-0.25, -0.2) is 0 Å². The monoisotopic (exact) mass is 232 g/mol. The second-order valence-corrected chi connectivity index (χ2v) is 4.22.